The van der Waals surface area contributed by atoms with Gasteiger partial charge >= 0.3 is 0 Å². The topological polar surface area (TPSA) is 34.9 Å². The molecule has 1 heterocycles. The first-order valence-electron chi connectivity index (χ1n) is 9.06. The SMILES string of the molecule is CC1=Cc2c(cnn2-c2ccc(F)cc2)CC1(C)CC(=O)c1ccccc1. The van der Waals surface area contributed by atoms with Crippen molar-refractivity contribution in [2.75, 3.05) is 0 Å². The molecular weight excluding hydrogens is 339 g/mol. The second-order valence-electron chi connectivity index (χ2n) is 7.47. The summed E-state index contributed by atoms with van der Waals surface area (Å²) in [6.45, 7) is 4.21. The third-order valence-electron chi connectivity index (χ3n) is 5.49. The summed E-state index contributed by atoms with van der Waals surface area (Å²) in [5, 5.41) is 4.50. The van der Waals surface area contributed by atoms with Gasteiger partial charge in [-0.25, -0.2) is 9.07 Å². The molecule has 1 atom stereocenters. The van der Waals surface area contributed by atoms with Gasteiger partial charge < -0.3 is 0 Å². The van der Waals surface area contributed by atoms with Gasteiger partial charge in [0.05, 0.1) is 17.6 Å². The van der Waals surface area contributed by atoms with Crippen LogP contribution in [0.1, 0.15) is 41.9 Å². The summed E-state index contributed by atoms with van der Waals surface area (Å²) in [4.78, 5) is 12.8. The maximum absolute atomic E-state index is 13.2. The molecule has 0 radical (unpaired) electrons. The Bertz CT molecular complexity index is 1020. The van der Waals surface area contributed by atoms with Gasteiger partial charge in [-0.3, -0.25) is 4.79 Å². The highest BCUT2D eigenvalue weighted by Gasteiger charge is 2.35. The maximum atomic E-state index is 13.2. The summed E-state index contributed by atoms with van der Waals surface area (Å²) < 4.78 is 15.0. The van der Waals surface area contributed by atoms with Crippen LogP contribution in [0.5, 0.6) is 0 Å². The van der Waals surface area contributed by atoms with Gasteiger partial charge in [0.1, 0.15) is 5.82 Å². The fourth-order valence-electron chi connectivity index (χ4n) is 3.69. The summed E-state index contributed by atoms with van der Waals surface area (Å²) in [7, 11) is 0. The number of aromatic nitrogens is 2. The molecule has 2 aromatic carbocycles. The van der Waals surface area contributed by atoms with Crippen LogP contribution < -0.4 is 0 Å². The predicted octanol–water partition coefficient (Wildman–Crippen LogP) is 5.25. The number of hydrogen-bond donors (Lipinski definition) is 0. The zero-order valence-electron chi connectivity index (χ0n) is 15.4. The van der Waals surface area contributed by atoms with Crippen molar-refractivity contribution in [3.8, 4) is 5.69 Å². The number of rotatable bonds is 4. The van der Waals surface area contributed by atoms with E-state index in [1.165, 1.54) is 12.1 Å². The van der Waals surface area contributed by atoms with Gasteiger partial charge in [-0.05, 0) is 54.7 Å². The highest BCUT2D eigenvalue weighted by atomic mass is 19.1. The molecular formula is C23H21FN2O. The Labute approximate surface area is 158 Å². The van der Waals surface area contributed by atoms with E-state index >= 15 is 0 Å². The zero-order valence-corrected chi connectivity index (χ0v) is 15.4. The molecule has 0 saturated carbocycles. The summed E-state index contributed by atoms with van der Waals surface area (Å²) in [6.07, 6.45) is 5.17. The molecule has 0 fully saturated rings. The lowest BCUT2D eigenvalue weighted by atomic mass is 9.70. The van der Waals surface area contributed by atoms with Crippen LogP contribution in [-0.4, -0.2) is 15.6 Å². The van der Waals surface area contributed by atoms with Crippen molar-refractivity contribution < 1.29 is 9.18 Å². The van der Waals surface area contributed by atoms with E-state index < -0.39 is 0 Å². The molecule has 4 rings (SSSR count). The van der Waals surface area contributed by atoms with E-state index in [9.17, 15) is 9.18 Å². The molecule has 1 aliphatic carbocycles. The third kappa shape index (κ3) is 3.23. The Morgan fingerprint density at radius 3 is 2.56 bits per heavy atom. The van der Waals surface area contributed by atoms with Crippen LogP contribution >= 0.6 is 0 Å². The van der Waals surface area contributed by atoms with Crippen molar-refractivity contribution in [1.29, 1.82) is 0 Å². The van der Waals surface area contributed by atoms with Crippen LogP contribution in [0.3, 0.4) is 0 Å². The van der Waals surface area contributed by atoms with Crippen molar-refractivity contribution in [2.45, 2.75) is 26.7 Å². The van der Waals surface area contributed by atoms with Crippen LogP contribution in [0.15, 0.2) is 66.4 Å². The quantitative estimate of drug-likeness (QED) is 0.596. The Hall–Kier alpha value is -3.01. The third-order valence-corrected chi connectivity index (χ3v) is 5.49. The number of fused-ring (bicyclic) bond motifs is 1. The minimum atomic E-state index is -0.265. The second-order valence-corrected chi connectivity index (χ2v) is 7.47. The largest absolute Gasteiger partial charge is 0.294 e. The molecule has 136 valence electrons. The number of Topliss-reactive ketones (excluding diaryl/α,β-unsaturated/α-hetero) is 1. The van der Waals surface area contributed by atoms with E-state index in [0.29, 0.717) is 6.42 Å². The Morgan fingerprint density at radius 2 is 1.85 bits per heavy atom. The lowest BCUT2D eigenvalue weighted by Gasteiger charge is -2.33. The van der Waals surface area contributed by atoms with Gasteiger partial charge in [-0.15, -0.1) is 0 Å². The van der Waals surface area contributed by atoms with E-state index in [4.69, 9.17) is 0 Å². The second kappa shape index (κ2) is 6.62. The molecule has 3 nitrogen and oxygen atoms in total. The van der Waals surface area contributed by atoms with E-state index in [0.717, 1.165) is 34.5 Å². The van der Waals surface area contributed by atoms with Crippen molar-refractivity contribution >= 4 is 11.9 Å². The van der Waals surface area contributed by atoms with Crippen molar-refractivity contribution in [3.05, 3.63) is 89.0 Å². The molecule has 27 heavy (non-hydrogen) atoms. The molecule has 0 aliphatic heterocycles. The van der Waals surface area contributed by atoms with Gasteiger partial charge in [0, 0.05) is 12.0 Å². The fraction of sp³-hybridized carbons (Fsp3) is 0.217. The molecule has 0 spiro atoms. The molecule has 0 N–H and O–H groups in total. The van der Waals surface area contributed by atoms with Crippen LogP contribution in [0.25, 0.3) is 11.8 Å². The predicted molar refractivity (Wildman–Crippen MR) is 104 cm³/mol. The minimum Gasteiger partial charge on any atom is -0.294 e. The standard InChI is InChI=1S/C23H21FN2O/c1-16-12-21-18(15-25-26(21)20-10-8-19(24)9-11-20)13-23(16,2)14-22(27)17-6-4-3-5-7-17/h3-12,15H,13-14H2,1-2H3. The number of benzene rings is 2. The van der Waals surface area contributed by atoms with E-state index in [2.05, 4.69) is 25.0 Å². The summed E-state index contributed by atoms with van der Waals surface area (Å²) in [6, 6.07) is 15.7. The Kier molecular flexibility index (Phi) is 4.27. The lowest BCUT2D eigenvalue weighted by Crippen LogP contribution is -2.28. The number of nitrogens with zero attached hydrogens (tertiary/aromatic N) is 2. The summed E-state index contributed by atoms with van der Waals surface area (Å²) in [5.74, 6) is -0.112. The average molecular weight is 360 g/mol. The van der Waals surface area contributed by atoms with Crippen LogP contribution in [0.4, 0.5) is 4.39 Å². The van der Waals surface area contributed by atoms with E-state index in [1.54, 1.807) is 12.1 Å². The number of carbonyl (C=O) groups is 1. The normalized spacial score (nSPS) is 18.7. The highest BCUT2D eigenvalue weighted by Crippen LogP contribution is 2.42. The van der Waals surface area contributed by atoms with Crippen LogP contribution in [-0.2, 0) is 6.42 Å². The molecule has 1 aromatic heterocycles. The summed E-state index contributed by atoms with van der Waals surface area (Å²) in [5.41, 5.74) is 4.60. The van der Waals surface area contributed by atoms with Crippen molar-refractivity contribution in [1.82, 2.24) is 9.78 Å². The monoisotopic (exact) mass is 360 g/mol. The minimum absolute atomic E-state index is 0.153. The number of ketones is 1. The molecule has 0 bridgehead atoms. The number of halogens is 1. The molecule has 0 amide bonds. The molecule has 1 aliphatic rings. The molecule has 3 aromatic rings. The molecule has 4 heteroatoms. The smallest absolute Gasteiger partial charge is 0.163 e. The Balaban J connectivity index is 1.64. The number of carbonyl (C=O) groups excluding carboxylic acids is 1. The first-order valence-corrected chi connectivity index (χ1v) is 9.06. The van der Waals surface area contributed by atoms with E-state index in [1.807, 2.05) is 41.2 Å². The average Bonchev–Trinajstić information content (AvgIpc) is 3.05. The van der Waals surface area contributed by atoms with Gasteiger partial charge in [-0.2, -0.15) is 5.10 Å². The maximum Gasteiger partial charge on any atom is 0.163 e. The van der Waals surface area contributed by atoms with Crippen molar-refractivity contribution in [2.24, 2.45) is 5.41 Å². The van der Waals surface area contributed by atoms with Gasteiger partial charge in [-0.1, -0.05) is 42.8 Å². The van der Waals surface area contributed by atoms with E-state index in [-0.39, 0.29) is 17.0 Å². The first kappa shape index (κ1) is 17.4. The van der Waals surface area contributed by atoms with Crippen molar-refractivity contribution in [3.63, 3.8) is 0 Å². The number of allylic oxidation sites excluding steroid dienone is 1. The molecule has 1 unspecified atom stereocenters. The summed E-state index contributed by atoms with van der Waals surface area (Å²) >= 11 is 0. The van der Waals surface area contributed by atoms with Crippen LogP contribution in [0, 0.1) is 11.2 Å². The zero-order chi connectivity index (χ0) is 19.0. The lowest BCUT2D eigenvalue weighted by molar-refractivity contribution is 0.0938. The highest BCUT2D eigenvalue weighted by molar-refractivity contribution is 5.96. The van der Waals surface area contributed by atoms with Gasteiger partial charge in [0.15, 0.2) is 5.78 Å². The fourth-order valence-corrected chi connectivity index (χ4v) is 3.69. The van der Waals surface area contributed by atoms with Gasteiger partial charge in [0.25, 0.3) is 0 Å². The van der Waals surface area contributed by atoms with Gasteiger partial charge in [0.2, 0.25) is 0 Å². The Morgan fingerprint density at radius 1 is 1.15 bits per heavy atom. The molecule has 0 saturated heterocycles. The van der Waals surface area contributed by atoms with Crippen LogP contribution in [0.2, 0.25) is 0 Å². The first-order chi connectivity index (χ1) is 13.0. The number of hydrogen-bond acceptors (Lipinski definition) is 2.